The van der Waals surface area contributed by atoms with Crippen LogP contribution in [0.3, 0.4) is 0 Å². The molecule has 0 spiro atoms. The SMILES string of the molecule is CC(N)c1cc(N)cc(-c2cncs2)c1. The Bertz CT molecular complexity index is 449. The molecule has 0 fully saturated rings. The molecule has 1 unspecified atom stereocenters. The van der Waals surface area contributed by atoms with Crippen LogP contribution in [-0.4, -0.2) is 4.98 Å². The molecule has 1 aromatic carbocycles. The minimum Gasteiger partial charge on any atom is -0.399 e. The molecule has 78 valence electrons. The number of hydrogen-bond donors (Lipinski definition) is 2. The highest BCUT2D eigenvalue weighted by Crippen LogP contribution is 2.28. The lowest BCUT2D eigenvalue weighted by Crippen LogP contribution is -2.05. The lowest BCUT2D eigenvalue weighted by molar-refractivity contribution is 0.819. The van der Waals surface area contributed by atoms with E-state index in [1.807, 2.05) is 30.8 Å². The predicted molar refractivity (Wildman–Crippen MR) is 64.6 cm³/mol. The fourth-order valence-electron chi connectivity index (χ4n) is 1.44. The molecule has 3 nitrogen and oxygen atoms in total. The van der Waals surface area contributed by atoms with Gasteiger partial charge in [0.15, 0.2) is 0 Å². The van der Waals surface area contributed by atoms with Crippen molar-refractivity contribution in [1.29, 1.82) is 0 Å². The molecular formula is C11H13N3S. The Morgan fingerprint density at radius 2 is 2.13 bits per heavy atom. The van der Waals surface area contributed by atoms with Gasteiger partial charge in [0, 0.05) is 17.9 Å². The molecule has 0 bridgehead atoms. The van der Waals surface area contributed by atoms with E-state index < -0.39 is 0 Å². The van der Waals surface area contributed by atoms with Crippen molar-refractivity contribution < 1.29 is 0 Å². The van der Waals surface area contributed by atoms with E-state index in [-0.39, 0.29) is 6.04 Å². The van der Waals surface area contributed by atoms with Crippen molar-refractivity contribution in [3.63, 3.8) is 0 Å². The Kier molecular flexibility index (Phi) is 2.70. The van der Waals surface area contributed by atoms with Crippen LogP contribution in [0.5, 0.6) is 0 Å². The summed E-state index contributed by atoms with van der Waals surface area (Å²) in [4.78, 5) is 5.16. The second-order valence-corrected chi connectivity index (χ2v) is 4.43. The first-order valence-corrected chi connectivity index (χ1v) is 5.59. The lowest BCUT2D eigenvalue weighted by Gasteiger charge is -2.08. The molecular weight excluding hydrogens is 206 g/mol. The number of rotatable bonds is 2. The maximum atomic E-state index is 5.84. The Labute approximate surface area is 92.8 Å². The molecule has 4 heteroatoms. The summed E-state index contributed by atoms with van der Waals surface area (Å²) in [5, 5.41) is 0. The largest absolute Gasteiger partial charge is 0.399 e. The summed E-state index contributed by atoms with van der Waals surface area (Å²) < 4.78 is 0. The number of thiazole rings is 1. The van der Waals surface area contributed by atoms with Crippen molar-refractivity contribution in [3.8, 4) is 10.4 Å². The van der Waals surface area contributed by atoms with Gasteiger partial charge in [-0.05, 0) is 36.2 Å². The van der Waals surface area contributed by atoms with E-state index in [4.69, 9.17) is 11.5 Å². The Hall–Kier alpha value is -1.39. The van der Waals surface area contributed by atoms with Gasteiger partial charge in [0.25, 0.3) is 0 Å². The average molecular weight is 219 g/mol. The summed E-state index contributed by atoms with van der Waals surface area (Å²) in [6.07, 6.45) is 1.84. The van der Waals surface area contributed by atoms with Crippen molar-refractivity contribution in [3.05, 3.63) is 35.5 Å². The number of anilines is 1. The van der Waals surface area contributed by atoms with Gasteiger partial charge < -0.3 is 11.5 Å². The molecule has 0 aliphatic heterocycles. The van der Waals surface area contributed by atoms with E-state index in [0.29, 0.717) is 0 Å². The third-order valence-electron chi connectivity index (χ3n) is 2.22. The minimum absolute atomic E-state index is 0.000159. The molecule has 1 heterocycles. The van der Waals surface area contributed by atoms with Crippen LogP contribution in [0.2, 0.25) is 0 Å². The zero-order valence-corrected chi connectivity index (χ0v) is 9.29. The second-order valence-electron chi connectivity index (χ2n) is 3.54. The van der Waals surface area contributed by atoms with Gasteiger partial charge in [-0.25, -0.2) is 0 Å². The first-order chi connectivity index (χ1) is 7.16. The number of nitrogen functional groups attached to an aromatic ring is 1. The third-order valence-corrected chi connectivity index (χ3v) is 3.04. The van der Waals surface area contributed by atoms with Crippen LogP contribution in [0, 0.1) is 0 Å². The van der Waals surface area contributed by atoms with Crippen LogP contribution in [0.15, 0.2) is 29.9 Å². The molecule has 0 radical (unpaired) electrons. The zero-order chi connectivity index (χ0) is 10.8. The van der Waals surface area contributed by atoms with E-state index >= 15 is 0 Å². The van der Waals surface area contributed by atoms with Crippen LogP contribution in [0.1, 0.15) is 18.5 Å². The number of nitrogens with zero attached hydrogens (tertiary/aromatic N) is 1. The molecule has 1 aromatic heterocycles. The third kappa shape index (κ3) is 2.16. The Morgan fingerprint density at radius 3 is 2.73 bits per heavy atom. The van der Waals surface area contributed by atoms with Crippen LogP contribution in [0.25, 0.3) is 10.4 Å². The molecule has 2 aromatic rings. The normalized spacial score (nSPS) is 12.7. The minimum atomic E-state index is 0.000159. The van der Waals surface area contributed by atoms with E-state index in [1.54, 1.807) is 11.3 Å². The second kappa shape index (κ2) is 4.00. The van der Waals surface area contributed by atoms with Gasteiger partial charge in [-0.15, -0.1) is 11.3 Å². The average Bonchev–Trinajstić information content (AvgIpc) is 2.69. The highest BCUT2D eigenvalue weighted by molar-refractivity contribution is 7.13. The van der Waals surface area contributed by atoms with E-state index in [0.717, 1.165) is 21.7 Å². The molecule has 0 aliphatic rings. The maximum absolute atomic E-state index is 5.84. The van der Waals surface area contributed by atoms with Gasteiger partial charge in [0.1, 0.15) is 0 Å². The molecule has 0 saturated heterocycles. The summed E-state index contributed by atoms with van der Waals surface area (Å²) >= 11 is 1.60. The number of hydrogen-bond acceptors (Lipinski definition) is 4. The molecule has 1 atom stereocenters. The first kappa shape index (κ1) is 10.1. The highest BCUT2D eigenvalue weighted by Gasteiger charge is 2.05. The topological polar surface area (TPSA) is 64.9 Å². The highest BCUT2D eigenvalue weighted by atomic mass is 32.1. The molecule has 15 heavy (non-hydrogen) atoms. The van der Waals surface area contributed by atoms with Gasteiger partial charge in [-0.3, -0.25) is 4.98 Å². The zero-order valence-electron chi connectivity index (χ0n) is 8.47. The monoisotopic (exact) mass is 219 g/mol. The lowest BCUT2D eigenvalue weighted by atomic mass is 10.0. The van der Waals surface area contributed by atoms with E-state index in [1.165, 1.54) is 0 Å². The summed E-state index contributed by atoms with van der Waals surface area (Å²) in [5.74, 6) is 0. The summed E-state index contributed by atoms with van der Waals surface area (Å²) in [6.45, 7) is 1.95. The van der Waals surface area contributed by atoms with Gasteiger partial charge >= 0.3 is 0 Å². The van der Waals surface area contributed by atoms with Crippen molar-refractivity contribution >= 4 is 17.0 Å². The van der Waals surface area contributed by atoms with E-state index in [9.17, 15) is 0 Å². The van der Waals surface area contributed by atoms with Crippen LogP contribution in [-0.2, 0) is 0 Å². The van der Waals surface area contributed by atoms with Crippen molar-refractivity contribution in [2.75, 3.05) is 5.73 Å². The smallest absolute Gasteiger partial charge is 0.0797 e. The van der Waals surface area contributed by atoms with E-state index in [2.05, 4.69) is 11.1 Å². The van der Waals surface area contributed by atoms with Crippen molar-refractivity contribution in [2.24, 2.45) is 5.73 Å². The van der Waals surface area contributed by atoms with Crippen LogP contribution < -0.4 is 11.5 Å². The number of nitrogens with two attached hydrogens (primary N) is 2. The Balaban J connectivity index is 2.49. The fraction of sp³-hybridized carbons (Fsp3) is 0.182. The van der Waals surface area contributed by atoms with Crippen LogP contribution >= 0.6 is 11.3 Å². The van der Waals surface area contributed by atoms with Crippen LogP contribution in [0.4, 0.5) is 5.69 Å². The van der Waals surface area contributed by atoms with Crippen molar-refractivity contribution in [1.82, 2.24) is 4.98 Å². The Morgan fingerprint density at radius 1 is 1.33 bits per heavy atom. The summed E-state index contributed by atoms with van der Waals surface area (Å²) in [6, 6.07) is 5.92. The molecule has 2 rings (SSSR count). The molecule has 0 aliphatic carbocycles. The number of aromatic nitrogens is 1. The summed E-state index contributed by atoms with van der Waals surface area (Å²) in [7, 11) is 0. The number of benzene rings is 1. The fourth-order valence-corrected chi connectivity index (χ4v) is 2.05. The summed E-state index contributed by atoms with van der Waals surface area (Å²) in [5.41, 5.74) is 16.4. The van der Waals surface area contributed by atoms with Gasteiger partial charge in [0.05, 0.1) is 10.4 Å². The molecule has 4 N–H and O–H groups in total. The molecule has 0 saturated carbocycles. The standard InChI is InChI=1S/C11H13N3S/c1-7(12)8-2-9(4-10(13)3-8)11-5-14-6-15-11/h2-7H,12-13H2,1H3. The van der Waals surface area contributed by atoms with Gasteiger partial charge in [-0.1, -0.05) is 0 Å². The molecule has 0 amide bonds. The predicted octanol–water partition coefficient (Wildman–Crippen LogP) is 2.41. The maximum Gasteiger partial charge on any atom is 0.0797 e. The van der Waals surface area contributed by atoms with Gasteiger partial charge in [-0.2, -0.15) is 0 Å². The van der Waals surface area contributed by atoms with Crippen molar-refractivity contribution in [2.45, 2.75) is 13.0 Å². The quantitative estimate of drug-likeness (QED) is 0.762. The first-order valence-electron chi connectivity index (χ1n) is 4.71. The van der Waals surface area contributed by atoms with Gasteiger partial charge in [0.2, 0.25) is 0 Å².